The second-order valence-electron chi connectivity index (χ2n) is 4.01. The standard InChI is InChI=1S/C13H13BrN4O/c1-8-16-5-4-10(18-8)7-17-13(19)9-2-3-12(15)11(14)6-9/h2-6H,7,15H2,1H3,(H,17,19). The van der Waals surface area contributed by atoms with Crippen LogP contribution in [-0.4, -0.2) is 15.9 Å². The molecule has 0 fully saturated rings. The molecule has 0 saturated carbocycles. The van der Waals surface area contributed by atoms with Crippen molar-refractivity contribution in [3.63, 3.8) is 0 Å². The van der Waals surface area contributed by atoms with E-state index in [1.165, 1.54) is 0 Å². The fourth-order valence-corrected chi connectivity index (χ4v) is 1.92. The van der Waals surface area contributed by atoms with Gasteiger partial charge < -0.3 is 11.1 Å². The molecule has 1 amide bonds. The minimum absolute atomic E-state index is 0.169. The molecule has 1 aromatic heterocycles. The summed E-state index contributed by atoms with van der Waals surface area (Å²) in [5.41, 5.74) is 7.60. The van der Waals surface area contributed by atoms with Crippen LogP contribution in [-0.2, 0) is 6.54 Å². The molecule has 3 N–H and O–H groups in total. The van der Waals surface area contributed by atoms with Gasteiger partial charge in [0.05, 0.1) is 12.2 Å². The zero-order chi connectivity index (χ0) is 13.8. The first-order valence-electron chi connectivity index (χ1n) is 5.68. The maximum absolute atomic E-state index is 12.0. The Hall–Kier alpha value is -1.95. The van der Waals surface area contributed by atoms with E-state index in [-0.39, 0.29) is 5.91 Å². The first-order valence-corrected chi connectivity index (χ1v) is 6.47. The predicted octanol–water partition coefficient (Wildman–Crippen LogP) is 2.06. The highest BCUT2D eigenvalue weighted by Crippen LogP contribution is 2.20. The average molecular weight is 321 g/mol. The van der Waals surface area contributed by atoms with Crippen LogP contribution in [0.4, 0.5) is 5.69 Å². The van der Waals surface area contributed by atoms with E-state index in [0.717, 1.165) is 5.69 Å². The maximum atomic E-state index is 12.0. The van der Waals surface area contributed by atoms with E-state index in [0.29, 0.717) is 28.1 Å². The SMILES string of the molecule is Cc1nccc(CNC(=O)c2ccc(N)c(Br)c2)n1. The van der Waals surface area contributed by atoms with Crippen LogP contribution in [0.2, 0.25) is 0 Å². The van der Waals surface area contributed by atoms with Crippen molar-refractivity contribution in [1.82, 2.24) is 15.3 Å². The number of rotatable bonds is 3. The highest BCUT2D eigenvalue weighted by molar-refractivity contribution is 9.10. The van der Waals surface area contributed by atoms with E-state index < -0.39 is 0 Å². The van der Waals surface area contributed by atoms with E-state index in [4.69, 9.17) is 5.73 Å². The molecule has 0 radical (unpaired) electrons. The molecule has 5 nitrogen and oxygen atoms in total. The van der Waals surface area contributed by atoms with Gasteiger partial charge in [0.15, 0.2) is 0 Å². The molecule has 0 aliphatic rings. The summed E-state index contributed by atoms with van der Waals surface area (Å²) in [6.45, 7) is 2.17. The van der Waals surface area contributed by atoms with Crippen LogP contribution in [0.3, 0.4) is 0 Å². The number of hydrogen-bond donors (Lipinski definition) is 2. The van der Waals surface area contributed by atoms with Gasteiger partial charge in [-0.25, -0.2) is 9.97 Å². The summed E-state index contributed by atoms with van der Waals surface area (Å²) < 4.78 is 0.707. The van der Waals surface area contributed by atoms with Crippen molar-refractivity contribution in [3.8, 4) is 0 Å². The van der Waals surface area contributed by atoms with Gasteiger partial charge in [0, 0.05) is 21.9 Å². The lowest BCUT2D eigenvalue weighted by Gasteiger charge is -2.06. The van der Waals surface area contributed by atoms with Gasteiger partial charge in [0.2, 0.25) is 0 Å². The topological polar surface area (TPSA) is 80.9 Å². The number of anilines is 1. The molecule has 0 aliphatic carbocycles. The molecule has 0 saturated heterocycles. The molecule has 6 heteroatoms. The fourth-order valence-electron chi connectivity index (χ4n) is 1.54. The minimum atomic E-state index is -0.169. The van der Waals surface area contributed by atoms with E-state index in [1.54, 1.807) is 30.5 Å². The summed E-state index contributed by atoms with van der Waals surface area (Å²) in [5, 5.41) is 2.80. The Labute approximate surface area is 119 Å². The predicted molar refractivity (Wildman–Crippen MR) is 76.5 cm³/mol. The number of nitrogens with zero attached hydrogens (tertiary/aromatic N) is 2. The Morgan fingerprint density at radius 2 is 2.21 bits per heavy atom. The Morgan fingerprint density at radius 3 is 2.89 bits per heavy atom. The van der Waals surface area contributed by atoms with Gasteiger partial charge in [-0.2, -0.15) is 0 Å². The number of hydrogen-bond acceptors (Lipinski definition) is 4. The summed E-state index contributed by atoms with van der Waals surface area (Å²) >= 11 is 3.29. The lowest BCUT2D eigenvalue weighted by molar-refractivity contribution is 0.0950. The van der Waals surface area contributed by atoms with Crippen molar-refractivity contribution in [2.75, 3.05) is 5.73 Å². The number of halogens is 1. The Morgan fingerprint density at radius 1 is 1.42 bits per heavy atom. The number of benzene rings is 1. The van der Waals surface area contributed by atoms with Crippen LogP contribution in [0.15, 0.2) is 34.9 Å². The van der Waals surface area contributed by atoms with Crippen molar-refractivity contribution < 1.29 is 4.79 Å². The summed E-state index contributed by atoms with van der Waals surface area (Å²) in [6, 6.07) is 6.83. The van der Waals surface area contributed by atoms with Crippen LogP contribution in [0.5, 0.6) is 0 Å². The van der Waals surface area contributed by atoms with Gasteiger partial charge in [-0.3, -0.25) is 4.79 Å². The van der Waals surface area contributed by atoms with Crippen molar-refractivity contribution in [1.29, 1.82) is 0 Å². The normalized spacial score (nSPS) is 10.2. The molecule has 0 bridgehead atoms. The number of nitrogen functional groups attached to an aromatic ring is 1. The van der Waals surface area contributed by atoms with Crippen molar-refractivity contribution >= 4 is 27.5 Å². The van der Waals surface area contributed by atoms with Crippen LogP contribution in [0.25, 0.3) is 0 Å². The molecule has 0 unspecified atom stereocenters. The molecule has 0 spiro atoms. The molecule has 0 atom stereocenters. The highest BCUT2D eigenvalue weighted by Gasteiger charge is 2.07. The zero-order valence-electron chi connectivity index (χ0n) is 10.4. The maximum Gasteiger partial charge on any atom is 0.251 e. The smallest absolute Gasteiger partial charge is 0.251 e. The Bertz CT molecular complexity index is 615. The van der Waals surface area contributed by atoms with E-state index in [2.05, 4.69) is 31.2 Å². The van der Waals surface area contributed by atoms with E-state index >= 15 is 0 Å². The molecule has 98 valence electrons. The van der Waals surface area contributed by atoms with E-state index in [9.17, 15) is 4.79 Å². The van der Waals surface area contributed by atoms with Gasteiger partial charge in [0.1, 0.15) is 5.82 Å². The molecule has 1 heterocycles. The average Bonchev–Trinajstić information content (AvgIpc) is 2.39. The number of nitrogens with one attached hydrogen (secondary N) is 1. The lowest BCUT2D eigenvalue weighted by Crippen LogP contribution is -2.23. The van der Waals surface area contributed by atoms with Crippen LogP contribution in [0.1, 0.15) is 21.9 Å². The van der Waals surface area contributed by atoms with E-state index in [1.807, 2.05) is 6.92 Å². The Kier molecular flexibility index (Phi) is 4.11. The molecule has 1 aromatic carbocycles. The fraction of sp³-hybridized carbons (Fsp3) is 0.154. The highest BCUT2D eigenvalue weighted by atomic mass is 79.9. The van der Waals surface area contributed by atoms with Gasteiger partial charge in [-0.05, 0) is 47.1 Å². The van der Waals surface area contributed by atoms with Crippen molar-refractivity contribution in [3.05, 3.63) is 52.0 Å². The quantitative estimate of drug-likeness (QED) is 0.848. The van der Waals surface area contributed by atoms with Gasteiger partial charge in [-0.15, -0.1) is 0 Å². The summed E-state index contributed by atoms with van der Waals surface area (Å²) in [5.74, 6) is 0.513. The molecule has 0 aliphatic heterocycles. The van der Waals surface area contributed by atoms with Crippen molar-refractivity contribution in [2.24, 2.45) is 0 Å². The molecule has 2 aromatic rings. The number of nitrogens with two attached hydrogens (primary N) is 1. The van der Waals surface area contributed by atoms with Crippen molar-refractivity contribution in [2.45, 2.75) is 13.5 Å². The third kappa shape index (κ3) is 3.51. The number of carbonyl (C=O) groups excluding carboxylic acids is 1. The molecular formula is C13H13BrN4O. The largest absolute Gasteiger partial charge is 0.398 e. The second-order valence-corrected chi connectivity index (χ2v) is 4.87. The second kappa shape index (κ2) is 5.79. The summed E-state index contributed by atoms with van der Waals surface area (Å²) in [7, 11) is 0. The number of carbonyl (C=O) groups is 1. The van der Waals surface area contributed by atoms with Crippen LogP contribution in [0, 0.1) is 6.92 Å². The van der Waals surface area contributed by atoms with Gasteiger partial charge in [0.25, 0.3) is 5.91 Å². The number of amides is 1. The summed E-state index contributed by atoms with van der Waals surface area (Å²) in [4.78, 5) is 20.2. The Balaban J connectivity index is 2.03. The van der Waals surface area contributed by atoms with Gasteiger partial charge >= 0.3 is 0 Å². The molecule has 19 heavy (non-hydrogen) atoms. The minimum Gasteiger partial charge on any atom is -0.398 e. The lowest BCUT2D eigenvalue weighted by atomic mass is 10.2. The molecular weight excluding hydrogens is 308 g/mol. The number of aryl methyl sites for hydroxylation is 1. The third-order valence-corrected chi connectivity index (χ3v) is 3.21. The first kappa shape index (κ1) is 13.5. The van der Waals surface area contributed by atoms with Crippen LogP contribution >= 0.6 is 15.9 Å². The first-order chi connectivity index (χ1) is 9.06. The van der Waals surface area contributed by atoms with Crippen LogP contribution < -0.4 is 11.1 Å². The zero-order valence-corrected chi connectivity index (χ0v) is 11.9. The third-order valence-electron chi connectivity index (χ3n) is 2.53. The van der Waals surface area contributed by atoms with Gasteiger partial charge in [-0.1, -0.05) is 0 Å². The summed E-state index contributed by atoms with van der Waals surface area (Å²) in [6.07, 6.45) is 1.67. The number of aromatic nitrogens is 2. The molecule has 2 rings (SSSR count). The monoisotopic (exact) mass is 320 g/mol.